The molecule has 2 bridgehead atoms. The summed E-state index contributed by atoms with van der Waals surface area (Å²) in [4.78, 5) is 16.4. The van der Waals surface area contributed by atoms with E-state index in [1.54, 1.807) is 13.2 Å². The van der Waals surface area contributed by atoms with E-state index in [0.29, 0.717) is 35.6 Å². The Morgan fingerprint density at radius 3 is 2.69 bits per heavy atom. The maximum atomic E-state index is 15.5. The number of hydrogen-bond acceptors (Lipinski definition) is 6. The Morgan fingerprint density at radius 2 is 2.00 bits per heavy atom. The highest BCUT2D eigenvalue weighted by molar-refractivity contribution is 5.74. The van der Waals surface area contributed by atoms with Gasteiger partial charge in [0.25, 0.3) is 0 Å². The SMILES string of the molecule is COc1nc(C)c2nc(CCC3CCCO3)n(Cc3ccc(C4CN5CCC4CC5)cc3F)c2n1. The molecule has 2 aromatic heterocycles. The van der Waals surface area contributed by atoms with Crippen molar-refractivity contribution in [2.45, 2.75) is 64.0 Å². The summed E-state index contributed by atoms with van der Waals surface area (Å²) < 4.78 is 28.7. The van der Waals surface area contributed by atoms with Gasteiger partial charge in [0.15, 0.2) is 5.65 Å². The van der Waals surface area contributed by atoms with Crippen LogP contribution in [0.5, 0.6) is 6.01 Å². The van der Waals surface area contributed by atoms with E-state index in [9.17, 15) is 0 Å². The number of hydrogen-bond donors (Lipinski definition) is 0. The zero-order valence-corrected chi connectivity index (χ0v) is 20.7. The second-order valence-electron chi connectivity index (χ2n) is 10.4. The molecule has 4 saturated heterocycles. The Labute approximate surface area is 205 Å². The molecule has 0 saturated carbocycles. The topological polar surface area (TPSA) is 65.3 Å². The van der Waals surface area contributed by atoms with Crippen molar-refractivity contribution in [3.8, 4) is 6.01 Å². The van der Waals surface area contributed by atoms with E-state index in [4.69, 9.17) is 14.5 Å². The summed E-state index contributed by atoms with van der Waals surface area (Å²) >= 11 is 0. The number of rotatable bonds is 7. The average Bonchev–Trinajstić information content (AvgIpc) is 3.53. The fourth-order valence-corrected chi connectivity index (χ4v) is 6.20. The summed E-state index contributed by atoms with van der Waals surface area (Å²) in [5.41, 5.74) is 4.00. The lowest BCUT2D eigenvalue weighted by molar-refractivity contribution is 0.0870. The largest absolute Gasteiger partial charge is 0.467 e. The number of ether oxygens (including phenoxy) is 2. The predicted octanol–water partition coefficient (Wildman–Crippen LogP) is 4.25. The van der Waals surface area contributed by atoms with Crippen LogP contribution in [0.1, 0.15) is 60.7 Å². The van der Waals surface area contributed by atoms with Crippen LogP contribution in [0, 0.1) is 18.7 Å². The molecule has 7 rings (SSSR count). The molecule has 2 atom stereocenters. The minimum Gasteiger partial charge on any atom is -0.467 e. The molecular weight excluding hydrogens is 445 g/mol. The van der Waals surface area contributed by atoms with Gasteiger partial charge in [0.1, 0.15) is 17.2 Å². The lowest BCUT2D eigenvalue weighted by Crippen LogP contribution is -2.46. The highest BCUT2D eigenvalue weighted by Gasteiger charge is 2.35. The van der Waals surface area contributed by atoms with Gasteiger partial charge in [-0.2, -0.15) is 9.97 Å². The summed E-state index contributed by atoms with van der Waals surface area (Å²) in [7, 11) is 1.56. The highest BCUT2D eigenvalue weighted by atomic mass is 19.1. The van der Waals surface area contributed by atoms with Crippen LogP contribution in [0.15, 0.2) is 18.2 Å². The fourth-order valence-electron chi connectivity index (χ4n) is 6.20. The van der Waals surface area contributed by atoms with Crippen LogP contribution in [0.3, 0.4) is 0 Å². The quantitative estimate of drug-likeness (QED) is 0.505. The smallest absolute Gasteiger partial charge is 0.318 e. The molecule has 0 amide bonds. The van der Waals surface area contributed by atoms with Crippen molar-refractivity contribution >= 4 is 11.2 Å². The molecule has 0 N–H and O–H groups in total. The van der Waals surface area contributed by atoms with Gasteiger partial charge in [0.2, 0.25) is 0 Å². The molecular formula is C27H34FN5O2. The van der Waals surface area contributed by atoms with Crippen molar-refractivity contribution in [1.29, 1.82) is 0 Å². The van der Waals surface area contributed by atoms with Crippen molar-refractivity contribution in [3.05, 3.63) is 46.7 Å². The van der Waals surface area contributed by atoms with E-state index in [1.165, 1.54) is 25.9 Å². The molecule has 3 aromatic rings. The second-order valence-corrected chi connectivity index (χ2v) is 10.4. The lowest BCUT2D eigenvalue weighted by atomic mass is 9.75. The van der Waals surface area contributed by atoms with Crippen molar-refractivity contribution in [2.75, 3.05) is 33.4 Å². The van der Waals surface area contributed by atoms with Gasteiger partial charge in [-0.3, -0.25) is 0 Å². The van der Waals surface area contributed by atoms with Gasteiger partial charge in [0.05, 0.1) is 25.5 Å². The molecule has 4 aliphatic rings. The first-order valence-corrected chi connectivity index (χ1v) is 13.0. The first-order chi connectivity index (χ1) is 17.1. The molecule has 4 aliphatic heterocycles. The lowest BCUT2D eigenvalue weighted by Gasteiger charge is -2.45. The van der Waals surface area contributed by atoms with Crippen LogP contribution >= 0.6 is 0 Å². The van der Waals surface area contributed by atoms with Crippen molar-refractivity contribution in [1.82, 2.24) is 24.4 Å². The molecule has 8 heteroatoms. The molecule has 4 fully saturated rings. The summed E-state index contributed by atoms with van der Waals surface area (Å²) in [6.45, 7) is 6.56. The van der Waals surface area contributed by atoms with Gasteiger partial charge < -0.3 is 18.9 Å². The van der Waals surface area contributed by atoms with Gasteiger partial charge in [0, 0.05) is 25.1 Å². The molecule has 6 heterocycles. The zero-order chi connectivity index (χ0) is 23.9. The summed E-state index contributed by atoms with van der Waals surface area (Å²) in [6.07, 6.45) is 6.56. The first-order valence-electron chi connectivity index (χ1n) is 13.0. The fraction of sp³-hybridized carbons (Fsp3) is 0.593. The van der Waals surface area contributed by atoms with E-state index in [-0.39, 0.29) is 11.9 Å². The second kappa shape index (κ2) is 9.47. The molecule has 1 aromatic carbocycles. The Morgan fingerprint density at radius 1 is 1.14 bits per heavy atom. The average molecular weight is 480 g/mol. The van der Waals surface area contributed by atoms with Crippen LogP contribution in [0.2, 0.25) is 0 Å². The maximum Gasteiger partial charge on any atom is 0.318 e. The number of piperidine rings is 3. The minimum absolute atomic E-state index is 0.149. The Bertz CT molecular complexity index is 1210. The molecule has 0 spiro atoms. The maximum absolute atomic E-state index is 15.5. The number of benzene rings is 1. The number of methoxy groups -OCH3 is 1. The van der Waals surface area contributed by atoms with Crippen LogP contribution in [0.25, 0.3) is 11.2 Å². The van der Waals surface area contributed by atoms with Gasteiger partial charge in [-0.15, -0.1) is 0 Å². The predicted molar refractivity (Wildman–Crippen MR) is 131 cm³/mol. The van der Waals surface area contributed by atoms with Crippen LogP contribution in [-0.2, 0) is 17.7 Å². The number of aryl methyl sites for hydroxylation is 2. The van der Waals surface area contributed by atoms with Gasteiger partial charge in [-0.1, -0.05) is 12.1 Å². The Kier molecular flexibility index (Phi) is 6.18. The molecule has 186 valence electrons. The summed E-state index contributed by atoms with van der Waals surface area (Å²) in [5.74, 6) is 1.86. The normalized spacial score (nSPS) is 26.0. The first kappa shape index (κ1) is 22.9. The van der Waals surface area contributed by atoms with E-state index in [0.717, 1.165) is 61.4 Å². The van der Waals surface area contributed by atoms with E-state index in [1.807, 2.05) is 17.6 Å². The number of nitrogens with zero attached hydrogens (tertiary/aromatic N) is 5. The van der Waals surface area contributed by atoms with Gasteiger partial charge in [-0.25, -0.2) is 9.37 Å². The summed E-state index contributed by atoms with van der Waals surface area (Å²) in [5, 5.41) is 0. The number of halogens is 1. The molecule has 35 heavy (non-hydrogen) atoms. The van der Waals surface area contributed by atoms with Gasteiger partial charge >= 0.3 is 6.01 Å². The number of fused-ring (bicyclic) bond motifs is 4. The zero-order valence-electron chi connectivity index (χ0n) is 20.7. The molecule has 0 aliphatic carbocycles. The third-order valence-corrected chi connectivity index (χ3v) is 8.21. The van der Waals surface area contributed by atoms with Crippen LogP contribution < -0.4 is 4.74 Å². The minimum atomic E-state index is -0.149. The van der Waals surface area contributed by atoms with Crippen LogP contribution in [0.4, 0.5) is 4.39 Å². The monoisotopic (exact) mass is 479 g/mol. The molecule has 2 unspecified atom stereocenters. The molecule has 0 radical (unpaired) electrons. The van der Waals surface area contributed by atoms with Crippen molar-refractivity contribution < 1.29 is 13.9 Å². The van der Waals surface area contributed by atoms with E-state index in [2.05, 4.69) is 20.9 Å². The van der Waals surface area contributed by atoms with Crippen molar-refractivity contribution in [2.24, 2.45) is 5.92 Å². The highest BCUT2D eigenvalue weighted by Crippen LogP contribution is 2.39. The third kappa shape index (κ3) is 4.42. The number of imidazole rings is 1. The van der Waals surface area contributed by atoms with Crippen molar-refractivity contribution in [3.63, 3.8) is 0 Å². The standard InChI is InChI=1S/C27H34FN5O2/c1-17-25-26(31-27(29-17)34-2)33(24(30-25)8-7-21-4-3-13-35-21)15-20-6-5-19(14-23(20)28)22-16-32-11-9-18(22)10-12-32/h5-6,14,18,21-22H,3-4,7-13,15-16H2,1-2H3. The Balaban J connectivity index is 1.31. The summed E-state index contributed by atoms with van der Waals surface area (Å²) in [6, 6.07) is 6.17. The number of aromatic nitrogens is 4. The van der Waals surface area contributed by atoms with E-state index < -0.39 is 0 Å². The van der Waals surface area contributed by atoms with Crippen LogP contribution in [-0.4, -0.2) is 63.9 Å². The molecule has 7 nitrogen and oxygen atoms in total. The Hall–Kier alpha value is -2.58. The van der Waals surface area contributed by atoms with E-state index >= 15 is 4.39 Å². The van der Waals surface area contributed by atoms with Gasteiger partial charge in [-0.05, 0) is 75.6 Å². The third-order valence-electron chi connectivity index (χ3n) is 8.21.